The van der Waals surface area contributed by atoms with E-state index in [2.05, 4.69) is 37.1 Å². The molecular weight excluding hydrogens is 250 g/mol. The summed E-state index contributed by atoms with van der Waals surface area (Å²) in [5, 5.41) is 0. The van der Waals surface area contributed by atoms with Crippen LogP contribution in [0.3, 0.4) is 0 Å². The van der Waals surface area contributed by atoms with E-state index in [9.17, 15) is 0 Å². The molecular formula is C17H21NO2. The molecule has 0 aromatic heterocycles. The summed E-state index contributed by atoms with van der Waals surface area (Å²) in [6, 6.07) is 4.26. The third-order valence-corrected chi connectivity index (χ3v) is 4.82. The van der Waals surface area contributed by atoms with Crippen molar-refractivity contribution in [2.24, 2.45) is 5.92 Å². The Morgan fingerprint density at radius 2 is 2.15 bits per heavy atom. The monoisotopic (exact) mass is 271 g/mol. The topological polar surface area (TPSA) is 21.7 Å². The second-order valence-electron chi connectivity index (χ2n) is 6.43. The third kappa shape index (κ3) is 1.62. The zero-order chi connectivity index (χ0) is 13.9. The summed E-state index contributed by atoms with van der Waals surface area (Å²) in [4.78, 5) is 2.40. The maximum atomic E-state index is 6.30. The van der Waals surface area contributed by atoms with Crippen LogP contribution < -0.4 is 9.47 Å². The van der Waals surface area contributed by atoms with Gasteiger partial charge in [-0.05, 0) is 36.6 Å². The van der Waals surface area contributed by atoms with E-state index in [0.717, 1.165) is 31.0 Å². The van der Waals surface area contributed by atoms with Gasteiger partial charge in [0.2, 0.25) is 0 Å². The molecule has 106 valence electrons. The largest absolute Gasteiger partial charge is 0.493 e. The molecule has 3 aliphatic rings. The van der Waals surface area contributed by atoms with E-state index >= 15 is 0 Å². The lowest BCUT2D eigenvalue weighted by atomic mass is 9.77. The predicted molar refractivity (Wildman–Crippen MR) is 78.3 cm³/mol. The van der Waals surface area contributed by atoms with Gasteiger partial charge in [0, 0.05) is 24.6 Å². The highest BCUT2D eigenvalue weighted by atomic mass is 16.5. The number of hydrogen-bond acceptors (Lipinski definition) is 3. The molecule has 1 aliphatic carbocycles. The maximum absolute atomic E-state index is 6.30. The lowest BCUT2D eigenvalue weighted by Gasteiger charge is -2.29. The Bertz CT molecular complexity index is 593. The van der Waals surface area contributed by atoms with Gasteiger partial charge in [0.25, 0.3) is 0 Å². The number of hydrogen-bond donors (Lipinski definition) is 0. The Morgan fingerprint density at radius 3 is 2.95 bits per heavy atom. The smallest absolute Gasteiger partial charge is 0.165 e. The van der Waals surface area contributed by atoms with Crippen molar-refractivity contribution in [3.8, 4) is 11.5 Å². The summed E-state index contributed by atoms with van der Waals surface area (Å²) >= 11 is 0. The number of ether oxygens (including phenoxy) is 2. The summed E-state index contributed by atoms with van der Waals surface area (Å²) in [7, 11) is 3.93. The molecule has 1 aromatic rings. The van der Waals surface area contributed by atoms with Crippen LogP contribution in [0.4, 0.5) is 0 Å². The van der Waals surface area contributed by atoms with Gasteiger partial charge in [-0.25, -0.2) is 0 Å². The lowest BCUT2D eigenvalue weighted by molar-refractivity contribution is 0.174. The second-order valence-corrected chi connectivity index (χ2v) is 6.43. The predicted octanol–water partition coefficient (Wildman–Crippen LogP) is 2.95. The number of nitrogens with zero attached hydrogens (tertiary/aromatic N) is 1. The molecule has 20 heavy (non-hydrogen) atoms. The Labute approximate surface area is 120 Å². The molecule has 0 saturated heterocycles. The molecule has 3 atom stereocenters. The summed E-state index contributed by atoms with van der Waals surface area (Å²) < 4.78 is 11.8. The van der Waals surface area contributed by atoms with E-state index in [4.69, 9.17) is 9.47 Å². The molecule has 2 aliphatic heterocycles. The van der Waals surface area contributed by atoms with Crippen LogP contribution in [-0.2, 0) is 6.54 Å². The molecule has 1 aromatic carbocycles. The van der Waals surface area contributed by atoms with Gasteiger partial charge >= 0.3 is 0 Å². The van der Waals surface area contributed by atoms with Gasteiger partial charge in [0.1, 0.15) is 6.10 Å². The Hall–Kier alpha value is -1.48. The molecule has 0 amide bonds. The van der Waals surface area contributed by atoms with Crippen molar-refractivity contribution < 1.29 is 9.47 Å². The molecule has 3 unspecified atom stereocenters. The number of rotatable bonds is 1. The summed E-state index contributed by atoms with van der Waals surface area (Å²) in [6.07, 6.45) is 3.86. The Balaban J connectivity index is 1.94. The van der Waals surface area contributed by atoms with E-state index in [1.165, 1.54) is 16.7 Å². The van der Waals surface area contributed by atoms with Crippen LogP contribution in [0.2, 0.25) is 0 Å². The van der Waals surface area contributed by atoms with Gasteiger partial charge in [-0.3, -0.25) is 4.90 Å². The first-order valence-electron chi connectivity index (χ1n) is 7.43. The summed E-state index contributed by atoms with van der Waals surface area (Å²) in [6.45, 7) is 4.33. The average Bonchev–Trinajstić information content (AvgIpc) is 2.70. The van der Waals surface area contributed by atoms with Gasteiger partial charge in [-0.1, -0.05) is 19.1 Å². The van der Waals surface area contributed by atoms with E-state index in [1.807, 2.05) is 0 Å². The van der Waals surface area contributed by atoms with Crippen molar-refractivity contribution >= 4 is 0 Å². The van der Waals surface area contributed by atoms with Gasteiger partial charge < -0.3 is 9.47 Å². The third-order valence-electron chi connectivity index (χ3n) is 4.82. The van der Waals surface area contributed by atoms with E-state index < -0.39 is 0 Å². The van der Waals surface area contributed by atoms with Crippen LogP contribution in [0.15, 0.2) is 23.8 Å². The molecule has 4 rings (SSSR count). The first kappa shape index (κ1) is 12.3. The highest BCUT2D eigenvalue weighted by Crippen LogP contribution is 2.53. The van der Waals surface area contributed by atoms with E-state index in [0.29, 0.717) is 17.9 Å². The van der Waals surface area contributed by atoms with Crippen molar-refractivity contribution in [2.75, 3.05) is 20.7 Å². The fourth-order valence-corrected chi connectivity index (χ4v) is 4.11. The molecule has 0 radical (unpaired) electrons. The minimum absolute atomic E-state index is 0.293. The molecule has 2 heterocycles. The zero-order valence-corrected chi connectivity index (χ0v) is 12.3. The van der Waals surface area contributed by atoms with Crippen LogP contribution in [0, 0.1) is 5.92 Å². The number of allylic oxidation sites excluding steroid dienone is 1. The molecule has 0 saturated carbocycles. The van der Waals surface area contributed by atoms with Gasteiger partial charge in [-0.2, -0.15) is 0 Å². The summed E-state index contributed by atoms with van der Waals surface area (Å²) in [5.74, 6) is 2.92. The lowest BCUT2D eigenvalue weighted by Crippen LogP contribution is -2.30. The van der Waals surface area contributed by atoms with Gasteiger partial charge in [0.05, 0.1) is 7.11 Å². The van der Waals surface area contributed by atoms with Crippen molar-refractivity contribution in [2.45, 2.75) is 31.9 Å². The Morgan fingerprint density at radius 1 is 1.30 bits per heavy atom. The quantitative estimate of drug-likeness (QED) is 0.733. The molecule has 0 fully saturated rings. The summed E-state index contributed by atoms with van der Waals surface area (Å²) in [5.41, 5.74) is 4.31. The molecule has 0 N–H and O–H groups in total. The molecule has 0 bridgehead atoms. The average molecular weight is 271 g/mol. The van der Waals surface area contributed by atoms with E-state index in [-0.39, 0.29) is 0 Å². The molecule has 0 spiro atoms. The zero-order valence-electron chi connectivity index (χ0n) is 12.3. The van der Waals surface area contributed by atoms with Crippen LogP contribution in [0.5, 0.6) is 11.5 Å². The Kier molecular flexibility index (Phi) is 2.61. The van der Waals surface area contributed by atoms with Gasteiger partial charge in [0.15, 0.2) is 11.5 Å². The fourth-order valence-electron chi connectivity index (χ4n) is 4.11. The number of likely N-dealkylation sites (N-methyl/N-ethyl adjacent to an activating group) is 1. The minimum Gasteiger partial charge on any atom is -0.493 e. The van der Waals surface area contributed by atoms with Crippen molar-refractivity contribution in [1.29, 1.82) is 0 Å². The fraction of sp³-hybridized carbons (Fsp3) is 0.529. The van der Waals surface area contributed by atoms with E-state index in [1.54, 1.807) is 7.11 Å². The first-order chi connectivity index (χ1) is 9.67. The van der Waals surface area contributed by atoms with Crippen LogP contribution in [0.1, 0.15) is 30.4 Å². The van der Waals surface area contributed by atoms with Crippen LogP contribution in [-0.4, -0.2) is 31.7 Å². The van der Waals surface area contributed by atoms with Crippen molar-refractivity contribution in [3.63, 3.8) is 0 Å². The molecule has 3 nitrogen and oxygen atoms in total. The highest BCUT2D eigenvalue weighted by molar-refractivity contribution is 5.59. The highest BCUT2D eigenvalue weighted by Gasteiger charge is 2.44. The normalized spacial score (nSPS) is 31.1. The van der Waals surface area contributed by atoms with Crippen molar-refractivity contribution in [1.82, 2.24) is 4.90 Å². The van der Waals surface area contributed by atoms with Crippen LogP contribution in [0.25, 0.3) is 0 Å². The number of methoxy groups -OCH3 is 1. The van der Waals surface area contributed by atoms with Gasteiger partial charge in [-0.15, -0.1) is 0 Å². The minimum atomic E-state index is 0.293. The van der Waals surface area contributed by atoms with Crippen molar-refractivity contribution in [3.05, 3.63) is 34.9 Å². The standard InChI is InChI=1S/C17H21NO2/c1-10-6-12-9-18(2)8-11-4-5-13(19-3)17-16(11)15(12)14(7-10)20-17/h4-6,10,14-15H,7-9H2,1-3H3. The number of benzene rings is 1. The molecule has 3 heteroatoms. The maximum Gasteiger partial charge on any atom is 0.165 e. The van der Waals surface area contributed by atoms with Crippen LogP contribution >= 0.6 is 0 Å². The SMILES string of the molecule is COc1ccc2c3c1OC1CC(C)C=C(CN(C)C2)C31. The second kappa shape index (κ2) is 4.26. The first-order valence-corrected chi connectivity index (χ1v) is 7.43.